The first-order valence-corrected chi connectivity index (χ1v) is 9.78. The van der Waals surface area contributed by atoms with Crippen LogP contribution in [0.1, 0.15) is 41.7 Å². The van der Waals surface area contributed by atoms with Gasteiger partial charge in [0.05, 0.1) is 18.5 Å². The Balaban J connectivity index is 1.40. The van der Waals surface area contributed by atoms with E-state index in [0.717, 1.165) is 31.4 Å². The molecule has 0 saturated heterocycles. The monoisotopic (exact) mass is 379 g/mol. The summed E-state index contributed by atoms with van der Waals surface area (Å²) < 4.78 is 6.34. The van der Waals surface area contributed by atoms with Crippen LogP contribution in [0.4, 0.5) is 0 Å². The number of nitrogens with one attached hydrogen (secondary N) is 1. The van der Waals surface area contributed by atoms with Gasteiger partial charge in [-0.1, -0.05) is 18.2 Å². The maximum Gasteiger partial charge on any atom is 0.255 e. The first kappa shape index (κ1) is 18.5. The van der Waals surface area contributed by atoms with E-state index in [2.05, 4.69) is 10.3 Å². The Morgan fingerprint density at radius 3 is 2.71 bits per heavy atom. The Hall–Kier alpha value is -2.89. The second-order valence-corrected chi connectivity index (χ2v) is 7.70. The number of carbonyl (C=O) groups is 2. The number of carbonyl (C=O) groups excluding carboxylic acids is 2. The van der Waals surface area contributed by atoms with Crippen molar-refractivity contribution in [2.45, 2.75) is 43.7 Å². The van der Waals surface area contributed by atoms with Crippen LogP contribution in [0.3, 0.4) is 0 Å². The number of fused-ring (bicyclic) bond motifs is 1. The Bertz CT molecular complexity index is 860. The molecule has 1 aliphatic carbocycles. The number of pyridine rings is 1. The molecule has 2 heterocycles. The van der Waals surface area contributed by atoms with Crippen LogP contribution in [0.15, 0.2) is 48.7 Å². The number of benzene rings is 1. The molecule has 1 aromatic carbocycles. The van der Waals surface area contributed by atoms with E-state index < -0.39 is 5.60 Å². The van der Waals surface area contributed by atoms with Crippen molar-refractivity contribution >= 4 is 11.8 Å². The second kappa shape index (κ2) is 7.62. The first-order valence-electron chi connectivity index (χ1n) is 9.78. The zero-order valence-corrected chi connectivity index (χ0v) is 16.1. The van der Waals surface area contributed by atoms with E-state index in [9.17, 15) is 9.59 Å². The molecule has 0 atom stereocenters. The van der Waals surface area contributed by atoms with Gasteiger partial charge in [0.1, 0.15) is 11.4 Å². The normalized spacial score (nSPS) is 23.9. The maximum absolute atomic E-state index is 12.6. The molecule has 0 unspecified atom stereocenters. The SMILES string of the molecule is CN(C(=O)Cc1ccccn1)C1CCC2(CC1)CNC(=O)c1ccccc1O2. The number of aromatic nitrogens is 1. The molecule has 1 N–H and O–H groups in total. The lowest BCUT2D eigenvalue weighted by atomic mass is 9.81. The third kappa shape index (κ3) is 3.72. The van der Waals surface area contributed by atoms with E-state index in [4.69, 9.17) is 4.74 Å². The molecule has 1 spiro atoms. The molecule has 0 bridgehead atoms. The van der Waals surface area contributed by atoms with Crippen molar-refractivity contribution < 1.29 is 14.3 Å². The van der Waals surface area contributed by atoms with Crippen molar-refractivity contribution in [1.29, 1.82) is 0 Å². The van der Waals surface area contributed by atoms with Gasteiger partial charge in [0.15, 0.2) is 0 Å². The summed E-state index contributed by atoms with van der Waals surface area (Å²) in [6.07, 6.45) is 5.33. The molecular weight excluding hydrogens is 354 g/mol. The molecule has 4 rings (SSSR count). The van der Waals surface area contributed by atoms with E-state index in [-0.39, 0.29) is 17.9 Å². The van der Waals surface area contributed by atoms with Gasteiger partial charge in [0, 0.05) is 25.0 Å². The van der Waals surface area contributed by atoms with Crippen LogP contribution in [0.2, 0.25) is 0 Å². The molecule has 6 heteroatoms. The highest BCUT2D eigenvalue weighted by Crippen LogP contribution is 2.37. The van der Waals surface area contributed by atoms with Crippen LogP contribution in [0, 0.1) is 0 Å². The summed E-state index contributed by atoms with van der Waals surface area (Å²) >= 11 is 0. The van der Waals surface area contributed by atoms with Crippen LogP contribution in [0.5, 0.6) is 5.75 Å². The molecule has 28 heavy (non-hydrogen) atoms. The molecule has 1 aromatic heterocycles. The Morgan fingerprint density at radius 1 is 1.21 bits per heavy atom. The second-order valence-electron chi connectivity index (χ2n) is 7.70. The number of amides is 2. The molecule has 146 valence electrons. The fourth-order valence-electron chi connectivity index (χ4n) is 4.13. The quantitative estimate of drug-likeness (QED) is 0.890. The summed E-state index contributed by atoms with van der Waals surface area (Å²) in [4.78, 5) is 31.1. The van der Waals surface area contributed by atoms with E-state index in [1.54, 1.807) is 12.3 Å². The van der Waals surface area contributed by atoms with E-state index in [1.807, 2.05) is 48.3 Å². The van der Waals surface area contributed by atoms with E-state index >= 15 is 0 Å². The molecule has 6 nitrogen and oxygen atoms in total. The highest BCUT2D eigenvalue weighted by molar-refractivity contribution is 5.97. The molecule has 0 radical (unpaired) electrons. The predicted molar refractivity (Wildman–Crippen MR) is 105 cm³/mol. The van der Waals surface area contributed by atoms with Crippen LogP contribution >= 0.6 is 0 Å². The first-order chi connectivity index (χ1) is 13.6. The number of nitrogens with zero attached hydrogens (tertiary/aromatic N) is 2. The number of hydrogen-bond donors (Lipinski definition) is 1. The fraction of sp³-hybridized carbons (Fsp3) is 0.409. The number of likely N-dealkylation sites (N-methyl/N-ethyl adjacent to an activating group) is 1. The Morgan fingerprint density at radius 2 is 1.96 bits per heavy atom. The van der Waals surface area contributed by atoms with Gasteiger partial charge in [-0.3, -0.25) is 14.6 Å². The van der Waals surface area contributed by atoms with Crippen molar-refractivity contribution in [3.8, 4) is 5.75 Å². The van der Waals surface area contributed by atoms with Gasteiger partial charge in [-0.05, 0) is 49.9 Å². The molecule has 2 aliphatic rings. The molecule has 2 amide bonds. The lowest BCUT2D eigenvalue weighted by Crippen LogP contribution is -2.51. The van der Waals surface area contributed by atoms with Gasteiger partial charge in [0.2, 0.25) is 5.91 Å². The van der Waals surface area contributed by atoms with Crippen molar-refractivity contribution in [3.05, 3.63) is 59.9 Å². The van der Waals surface area contributed by atoms with Gasteiger partial charge < -0.3 is 15.0 Å². The van der Waals surface area contributed by atoms with Crippen LogP contribution < -0.4 is 10.1 Å². The zero-order valence-electron chi connectivity index (χ0n) is 16.1. The lowest BCUT2D eigenvalue weighted by molar-refractivity contribution is -0.132. The highest BCUT2D eigenvalue weighted by Gasteiger charge is 2.41. The average molecular weight is 379 g/mol. The molecule has 1 aliphatic heterocycles. The third-order valence-corrected chi connectivity index (χ3v) is 5.90. The average Bonchev–Trinajstić information content (AvgIpc) is 2.86. The van der Waals surface area contributed by atoms with Gasteiger partial charge in [-0.2, -0.15) is 0 Å². The van der Waals surface area contributed by atoms with Crippen molar-refractivity contribution in [3.63, 3.8) is 0 Å². The summed E-state index contributed by atoms with van der Waals surface area (Å²) in [7, 11) is 1.87. The minimum atomic E-state index is -0.399. The minimum absolute atomic E-state index is 0.0834. The maximum atomic E-state index is 12.6. The smallest absolute Gasteiger partial charge is 0.255 e. The molecular formula is C22H25N3O3. The van der Waals surface area contributed by atoms with E-state index in [1.165, 1.54) is 0 Å². The largest absolute Gasteiger partial charge is 0.485 e. The summed E-state index contributed by atoms with van der Waals surface area (Å²) in [6.45, 7) is 0.499. The standard InChI is InChI=1S/C22H25N3O3/c1-25(20(26)14-16-6-4-5-13-23-16)17-9-11-22(12-10-17)15-24-21(27)18-7-2-3-8-19(18)28-22/h2-8,13,17H,9-12,14-15H2,1H3,(H,24,27). The summed E-state index contributed by atoms with van der Waals surface area (Å²) in [6, 6.07) is 13.2. The van der Waals surface area contributed by atoms with Gasteiger partial charge >= 0.3 is 0 Å². The van der Waals surface area contributed by atoms with Crippen molar-refractivity contribution in [2.24, 2.45) is 0 Å². The zero-order chi connectivity index (χ0) is 19.6. The lowest BCUT2D eigenvalue weighted by Gasteiger charge is -2.42. The summed E-state index contributed by atoms with van der Waals surface area (Å²) in [5, 5.41) is 3.01. The highest BCUT2D eigenvalue weighted by atomic mass is 16.5. The van der Waals surface area contributed by atoms with Gasteiger partial charge in [-0.25, -0.2) is 0 Å². The van der Waals surface area contributed by atoms with E-state index in [0.29, 0.717) is 24.3 Å². The van der Waals surface area contributed by atoms with Gasteiger partial charge in [0.25, 0.3) is 5.91 Å². The number of rotatable bonds is 3. The van der Waals surface area contributed by atoms with Crippen LogP contribution in [0.25, 0.3) is 0 Å². The predicted octanol–water partition coefficient (Wildman–Crippen LogP) is 2.59. The number of hydrogen-bond acceptors (Lipinski definition) is 4. The number of ether oxygens (including phenoxy) is 1. The molecule has 1 fully saturated rings. The Kier molecular flexibility index (Phi) is 5.03. The fourth-order valence-corrected chi connectivity index (χ4v) is 4.13. The molecule has 1 saturated carbocycles. The van der Waals surface area contributed by atoms with Crippen LogP contribution in [-0.4, -0.2) is 46.9 Å². The minimum Gasteiger partial charge on any atom is -0.485 e. The van der Waals surface area contributed by atoms with Crippen molar-refractivity contribution in [2.75, 3.05) is 13.6 Å². The van der Waals surface area contributed by atoms with Crippen LogP contribution in [-0.2, 0) is 11.2 Å². The topological polar surface area (TPSA) is 71.5 Å². The third-order valence-electron chi connectivity index (χ3n) is 5.90. The summed E-state index contributed by atoms with van der Waals surface area (Å²) in [5.74, 6) is 0.646. The van der Waals surface area contributed by atoms with Crippen molar-refractivity contribution in [1.82, 2.24) is 15.2 Å². The molecule has 2 aromatic rings. The number of para-hydroxylation sites is 1. The summed E-state index contributed by atoms with van der Waals surface area (Å²) in [5.41, 5.74) is 0.978. The Labute approximate surface area is 164 Å². The van der Waals surface area contributed by atoms with Gasteiger partial charge in [-0.15, -0.1) is 0 Å².